The van der Waals surface area contributed by atoms with Crippen molar-refractivity contribution in [3.05, 3.63) is 119 Å². The van der Waals surface area contributed by atoms with E-state index in [-0.39, 0.29) is 11.4 Å². The molecule has 0 radical (unpaired) electrons. The number of hydrogen-bond acceptors (Lipinski definition) is 11. The van der Waals surface area contributed by atoms with Gasteiger partial charge >= 0.3 is 5.97 Å². The fraction of sp³-hybridized carbons (Fsp3) is 0.342. The van der Waals surface area contributed by atoms with Gasteiger partial charge in [-0.3, -0.25) is 14.5 Å². The molecule has 0 saturated carbocycles. The number of nitrogens with one attached hydrogen (secondary N) is 2. The van der Waals surface area contributed by atoms with Gasteiger partial charge in [0.1, 0.15) is 30.0 Å². The predicted molar refractivity (Wildman–Crippen MR) is 198 cm³/mol. The van der Waals surface area contributed by atoms with Gasteiger partial charge in [0.05, 0.1) is 11.3 Å². The number of carbonyl (C=O) groups is 3. The summed E-state index contributed by atoms with van der Waals surface area (Å²) in [6.07, 6.45) is 0.429. The molecule has 2 saturated heterocycles. The highest BCUT2D eigenvalue weighted by Crippen LogP contribution is 2.45. The van der Waals surface area contributed by atoms with Gasteiger partial charge in [0.25, 0.3) is 11.6 Å². The summed E-state index contributed by atoms with van der Waals surface area (Å²) >= 11 is 2.67. The number of fused-ring (bicyclic) bond motifs is 1. The van der Waals surface area contributed by atoms with Crippen LogP contribution in [0.3, 0.4) is 0 Å². The number of anilines is 1. The number of hydrogen-bond donors (Lipinski definition) is 3. The minimum absolute atomic E-state index is 0.130. The van der Waals surface area contributed by atoms with Crippen LogP contribution in [0.25, 0.3) is 0 Å². The van der Waals surface area contributed by atoms with Crippen LogP contribution >= 0.6 is 23.1 Å². The normalized spacial score (nSPS) is 22.0. The molecule has 51 heavy (non-hydrogen) atoms. The van der Waals surface area contributed by atoms with Crippen molar-refractivity contribution >= 4 is 51.7 Å². The number of thioether (sulfide) groups is 1. The zero-order chi connectivity index (χ0) is 36.4. The second-order valence-corrected chi connectivity index (χ2v) is 15.4. The molecule has 0 aliphatic carbocycles. The van der Waals surface area contributed by atoms with E-state index in [9.17, 15) is 19.5 Å². The van der Waals surface area contributed by atoms with Gasteiger partial charge < -0.3 is 25.3 Å². The lowest BCUT2D eigenvalue weighted by atomic mass is 9.77. The molecule has 3 heterocycles. The molecule has 2 aliphatic heterocycles. The second kappa shape index (κ2) is 14.5. The Morgan fingerprint density at radius 3 is 2.02 bits per heavy atom. The molecule has 13 heteroatoms. The molecule has 4 atom stereocenters. The van der Waals surface area contributed by atoms with Crippen LogP contribution < -0.4 is 10.6 Å². The molecule has 1 aromatic heterocycles. The Balaban J connectivity index is 1.28. The van der Waals surface area contributed by atoms with Crippen molar-refractivity contribution in [1.82, 2.24) is 15.2 Å². The van der Waals surface area contributed by atoms with Gasteiger partial charge in [0, 0.05) is 11.1 Å². The molecule has 4 unspecified atom stereocenters. The van der Waals surface area contributed by atoms with Crippen LogP contribution in [0.5, 0.6) is 0 Å². The van der Waals surface area contributed by atoms with Crippen LogP contribution in [-0.4, -0.2) is 80.0 Å². The monoisotopic (exact) mass is 727 g/mol. The van der Waals surface area contributed by atoms with E-state index >= 15 is 0 Å². The van der Waals surface area contributed by atoms with E-state index in [2.05, 4.69) is 52.2 Å². The van der Waals surface area contributed by atoms with E-state index in [0.717, 1.165) is 21.6 Å². The van der Waals surface area contributed by atoms with Crippen molar-refractivity contribution in [1.29, 1.82) is 0 Å². The number of benzene rings is 3. The highest BCUT2D eigenvalue weighted by Gasteiger charge is 2.66. The zero-order valence-electron chi connectivity index (χ0n) is 29.0. The molecule has 11 nitrogen and oxygen atoms in total. The van der Waals surface area contributed by atoms with E-state index in [4.69, 9.17) is 14.6 Å². The van der Waals surface area contributed by atoms with E-state index in [1.54, 1.807) is 26.2 Å². The second-order valence-electron chi connectivity index (χ2n) is 13.3. The van der Waals surface area contributed by atoms with Crippen LogP contribution in [0.2, 0.25) is 0 Å². The smallest absolute Gasteiger partial charge is 0.361 e. The Bertz CT molecular complexity index is 1800. The van der Waals surface area contributed by atoms with Crippen molar-refractivity contribution < 1.29 is 29.1 Å². The summed E-state index contributed by atoms with van der Waals surface area (Å²) < 4.78 is 5.55. The fourth-order valence-electron chi connectivity index (χ4n) is 6.65. The van der Waals surface area contributed by atoms with Gasteiger partial charge in [-0.15, -0.1) is 11.3 Å². The molecule has 2 fully saturated rings. The summed E-state index contributed by atoms with van der Waals surface area (Å²) in [6.45, 7) is 6.94. The number of ether oxygens (including phenoxy) is 1. The molecule has 4 aromatic rings. The summed E-state index contributed by atoms with van der Waals surface area (Å²) in [5.74, 6) is -1.76. The first-order chi connectivity index (χ1) is 24.4. The van der Waals surface area contributed by atoms with Gasteiger partial charge in [-0.2, -0.15) is 11.8 Å². The fourth-order valence-corrected chi connectivity index (χ4v) is 8.85. The summed E-state index contributed by atoms with van der Waals surface area (Å²) in [6, 6.07) is 28.5. The van der Waals surface area contributed by atoms with Gasteiger partial charge in [-0.25, -0.2) is 9.78 Å². The van der Waals surface area contributed by atoms with Crippen molar-refractivity contribution in [2.45, 2.75) is 68.3 Å². The third-order valence-corrected chi connectivity index (χ3v) is 11.3. The summed E-state index contributed by atoms with van der Waals surface area (Å²) in [7, 11) is 1.32. The first-order valence-corrected chi connectivity index (χ1v) is 18.6. The number of β-lactam (4-membered cyclic amide) rings is 1. The Morgan fingerprint density at radius 1 is 0.980 bits per heavy atom. The highest BCUT2D eigenvalue weighted by atomic mass is 32.2. The zero-order valence-corrected chi connectivity index (χ0v) is 30.7. The molecule has 6 rings (SSSR count). The standard InChI is InChI=1S/C38H41N5O6S2/c1-6-29-38(47,34(46)49-36(2,3)4)43-28(23-50-29)31(33(43)45)40-32(44)30(42-48-5)27-22-51-35(39-27)41-37(24-16-10-7-11-17-24,25-18-12-8-13-19-25)26-20-14-9-15-21-26/h7-22,28-29,31,47H,6,23H2,1-5H3,(H,39,41)(H,40,44). The Hall–Kier alpha value is -4.72. The number of carbonyl (C=O) groups excluding carboxylic acids is 3. The van der Waals surface area contributed by atoms with Crippen LogP contribution in [-0.2, 0) is 29.5 Å². The Labute approximate surface area is 305 Å². The highest BCUT2D eigenvalue weighted by molar-refractivity contribution is 8.00. The lowest BCUT2D eigenvalue weighted by Crippen LogP contribution is -2.83. The third-order valence-electron chi connectivity index (χ3n) is 8.92. The lowest BCUT2D eigenvalue weighted by molar-refractivity contribution is -0.221. The van der Waals surface area contributed by atoms with Crippen LogP contribution in [0.4, 0.5) is 5.13 Å². The lowest BCUT2D eigenvalue weighted by Gasteiger charge is -2.58. The van der Waals surface area contributed by atoms with Crippen molar-refractivity contribution in [2.24, 2.45) is 5.16 Å². The average Bonchev–Trinajstić information content (AvgIpc) is 3.59. The van der Waals surface area contributed by atoms with Crippen LogP contribution in [0.1, 0.15) is 56.5 Å². The van der Waals surface area contributed by atoms with Crippen LogP contribution in [0, 0.1) is 0 Å². The molecule has 0 bridgehead atoms. The van der Waals surface area contributed by atoms with Crippen molar-refractivity contribution in [2.75, 3.05) is 18.2 Å². The Kier molecular flexibility index (Phi) is 10.3. The van der Waals surface area contributed by atoms with Gasteiger partial charge in [-0.05, 0) is 43.9 Å². The van der Waals surface area contributed by atoms with E-state index < -0.39 is 52.0 Å². The van der Waals surface area contributed by atoms with Gasteiger partial charge in [0.2, 0.25) is 5.91 Å². The maximum atomic E-state index is 13.8. The number of thiazole rings is 1. The van der Waals surface area contributed by atoms with Crippen LogP contribution in [0.15, 0.2) is 102 Å². The maximum Gasteiger partial charge on any atom is 0.361 e. The van der Waals surface area contributed by atoms with E-state index in [1.165, 1.54) is 30.2 Å². The number of amides is 2. The summed E-state index contributed by atoms with van der Waals surface area (Å²) in [4.78, 5) is 51.7. The molecule has 266 valence electrons. The number of aromatic nitrogens is 1. The first kappa shape index (κ1) is 36.1. The topological polar surface area (TPSA) is 142 Å². The number of esters is 1. The first-order valence-electron chi connectivity index (χ1n) is 16.7. The molecular formula is C38H41N5O6S2. The average molecular weight is 728 g/mol. The molecule has 0 spiro atoms. The number of oxime groups is 1. The van der Waals surface area contributed by atoms with E-state index in [1.807, 2.05) is 61.5 Å². The number of nitrogens with zero attached hydrogens (tertiary/aromatic N) is 3. The van der Waals surface area contributed by atoms with Crippen molar-refractivity contribution in [3.8, 4) is 0 Å². The van der Waals surface area contributed by atoms with Gasteiger partial charge in [0.15, 0.2) is 10.8 Å². The molecule has 3 N–H and O–H groups in total. The molecule has 2 aliphatic rings. The summed E-state index contributed by atoms with van der Waals surface area (Å²) in [5, 5.41) is 23.8. The molecule has 3 aromatic carbocycles. The Morgan fingerprint density at radius 2 is 1.53 bits per heavy atom. The quantitative estimate of drug-likeness (QED) is 0.0629. The molecular weight excluding hydrogens is 687 g/mol. The minimum Gasteiger partial charge on any atom is -0.456 e. The third kappa shape index (κ3) is 6.73. The largest absolute Gasteiger partial charge is 0.456 e. The number of aliphatic hydroxyl groups is 1. The van der Waals surface area contributed by atoms with Gasteiger partial charge in [-0.1, -0.05) is 103 Å². The predicted octanol–water partition coefficient (Wildman–Crippen LogP) is 5.15. The van der Waals surface area contributed by atoms with Crippen molar-refractivity contribution in [3.63, 3.8) is 0 Å². The molecule has 2 amide bonds. The van der Waals surface area contributed by atoms with E-state index in [0.29, 0.717) is 17.3 Å². The maximum absolute atomic E-state index is 13.8. The minimum atomic E-state index is -2.17. The number of rotatable bonds is 11. The SMILES string of the molecule is CCC1SCC2C(NC(=O)C(=NOC)c3csc(NC(c4ccccc4)(c4ccccc4)c4ccccc4)n3)C(=O)N2C1(O)C(=O)OC(C)(C)C. The summed E-state index contributed by atoms with van der Waals surface area (Å²) in [5.41, 5.74) is -0.831.